The minimum atomic E-state index is -4.40. The first-order valence-electron chi connectivity index (χ1n) is 5.92. The van der Waals surface area contributed by atoms with Crippen molar-refractivity contribution in [2.45, 2.75) is 25.4 Å². The lowest BCUT2D eigenvalue weighted by molar-refractivity contribution is -0.161. The summed E-state index contributed by atoms with van der Waals surface area (Å²) in [6.45, 7) is 2.02. The summed E-state index contributed by atoms with van der Waals surface area (Å²) >= 11 is 0. The number of carbonyl (C=O) groups is 3. The molecular weight excluding hydrogens is 297 g/mol. The maximum absolute atomic E-state index is 11.8. The van der Waals surface area contributed by atoms with E-state index in [9.17, 15) is 27.6 Å². The molecule has 0 N–H and O–H groups in total. The van der Waals surface area contributed by atoms with Gasteiger partial charge in [-0.3, -0.25) is 9.59 Å². The van der Waals surface area contributed by atoms with Crippen LogP contribution in [0, 0.1) is 0 Å². The van der Waals surface area contributed by atoms with E-state index < -0.39 is 37.1 Å². The van der Waals surface area contributed by atoms with Crippen LogP contribution in [0.4, 0.5) is 13.2 Å². The lowest BCUT2D eigenvalue weighted by Gasteiger charge is -2.07. The smallest absolute Gasteiger partial charge is 0.392 e. The second-order valence-corrected chi connectivity index (χ2v) is 3.68. The van der Waals surface area contributed by atoms with Crippen molar-refractivity contribution >= 4 is 17.9 Å². The molecule has 0 spiro atoms. The van der Waals surface area contributed by atoms with Gasteiger partial charge in [0.05, 0.1) is 25.9 Å². The Kier molecular flexibility index (Phi) is 8.82. The predicted octanol–water partition coefficient (Wildman–Crippen LogP) is 1.53. The first-order valence-corrected chi connectivity index (χ1v) is 5.92. The number of carbonyl (C=O) groups excluding carboxylic acids is 3. The van der Waals surface area contributed by atoms with Crippen molar-refractivity contribution in [2.24, 2.45) is 0 Å². The molecule has 0 amide bonds. The molecule has 0 heterocycles. The second-order valence-electron chi connectivity index (χ2n) is 3.68. The maximum Gasteiger partial charge on any atom is 0.392 e. The number of halogens is 3. The molecule has 0 aromatic rings. The number of rotatable bonds is 9. The average Bonchev–Trinajstić information content (AvgIpc) is 2.39. The van der Waals surface area contributed by atoms with Crippen molar-refractivity contribution < 1.29 is 41.8 Å². The standard InChI is InChI=1S/C12H15F3O6/c1-2-9(16)20-7-8-21-11(18)4-3-10(17)19-6-5-12(13,14)15/h2H,1,3-8H2. The van der Waals surface area contributed by atoms with Gasteiger partial charge in [-0.15, -0.1) is 0 Å². The summed E-state index contributed by atoms with van der Waals surface area (Å²) < 4.78 is 48.7. The number of alkyl halides is 3. The van der Waals surface area contributed by atoms with Crippen molar-refractivity contribution in [3.05, 3.63) is 12.7 Å². The van der Waals surface area contributed by atoms with Crippen LogP contribution >= 0.6 is 0 Å². The van der Waals surface area contributed by atoms with Gasteiger partial charge in [0.15, 0.2) is 0 Å². The minimum absolute atomic E-state index is 0.160. The molecule has 120 valence electrons. The van der Waals surface area contributed by atoms with E-state index in [0.29, 0.717) is 0 Å². The van der Waals surface area contributed by atoms with E-state index in [1.807, 2.05) is 0 Å². The fourth-order valence-electron chi connectivity index (χ4n) is 0.986. The van der Waals surface area contributed by atoms with Crippen LogP contribution in [0.1, 0.15) is 19.3 Å². The molecule has 0 aliphatic heterocycles. The fraction of sp³-hybridized carbons (Fsp3) is 0.583. The topological polar surface area (TPSA) is 78.9 Å². The summed E-state index contributed by atoms with van der Waals surface area (Å²) in [6.07, 6.45) is -5.41. The zero-order valence-electron chi connectivity index (χ0n) is 11.1. The van der Waals surface area contributed by atoms with Crippen LogP contribution in [0.15, 0.2) is 12.7 Å². The van der Waals surface area contributed by atoms with Crippen LogP contribution in [-0.4, -0.2) is 43.9 Å². The van der Waals surface area contributed by atoms with Gasteiger partial charge in [0.1, 0.15) is 13.2 Å². The van der Waals surface area contributed by atoms with Crippen LogP contribution in [-0.2, 0) is 28.6 Å². The van der Waals surface area contributed by atoms with E-state index in [2.05, 4.69) is 20.8 Å². The molecule has 0 saturated heterocycles. The van der Waals surface area contributed by atoms with Crippen LogP contribution in [0.5, 0.6) is 0 Å². The highest BCUT2D eigenvalue weighted by Gasteiger charge is 2.27. The quantitative estimate of drug-likeness (QED) is 0.278. The minimum Gasteiger partial charge on any atom is -0.465 e. The molecule has 0 aromatic carbocycles. The third-order valence-corrected chi connectivity index (χ3v) is 1.94. The van der Waals surface area contributed by atoms with Gasteiger partial charge in [-0.2, -0.15) is 13.2 Å². The molecule has 0 unspecified atom stereocenters. The number of ether oxygens (including phenoxy) is 3. The van der Waals surface area contributed by atoms with Crippen LogP contribution in [0.2, 0.25) is 0 Å². The Labute approximate surface area is 118 Å². The third-order valence-electron chi connectivity index (χ3n) is 1.94. The highest BCUT2D eigenvalue weighted by molar-refractivity contribution is 5.81. The highest BCUT2D eigenvalue weighted by Crippen LogP contribution is 2.19. The summed E-state index contributed by atoms with van der Waals surface area (Å²) in [5.74, 6) is -2.34. The molecule has 0 fully saturated rings. The van der Waals surface area contributed by atoms with Crippen molar-refractivity contribution in [1.29, 1.82) is 0 Å². The van der Waals surface area contributed by atoms with Gasteiger partial charge in [-0.25, -0.2) is 4.79 Å². The molecule has 0 aliphatic rings. The van der Waals surface area contributed by atoms with Crippen LogP contribution in [0.3, 0.4) is 0 Å². The van der Waals surface area contributed by atoms with E-state index in [1.54, 1.807) is 0 Å². The highest BCUT2D eigenvalue weighted by atomic mass is 19.4. The zero-order valence-corrected chi connectivity index (χ0v) is 11.1. The van der Waals surface area contributed by atoms with Gasteiger partial charge in [0.25, 0.3) is 0 Å². The molecule has 21 heavy (non-hydrogen) atoms. The molecule has 0 saturated carbocycles. The average molecular weight is 312 g/mol. The lowest BCUT2D eigenvalue weighted by atomic mass is 10.3. The second kappa shape index (κ2) is 9.78. The molecule has 0 aliphatic carbocycles. The van der Waals surface area contributed by atoms with E-state index in [1.165, 1.54) is 0 Å². The Morgan fingerprint density at radius 2 is 1.38 bits per heavy atom. The van der Waals surface area contributed by atoms with E-state index in [-0.39, 0.29) is 26.1 Å². The number of hydrogen-bond donors (Lipinski definition) is 0. The van der Waals surface area contributed by atoms with Gasteiger partial charge in [0.2, 0.25) is 0 Å². The Morgan fingerprint density at radius 1 is 0.905 bits per heavy atom. The molecule has 0 aromatic heterocycles. The first-order chi connectivity index (χ1) is 9.74. The lowest BCUT2D eigenvalue weighted by Crippen LogP contribution is -2.16. The van der Waals surface area contributed by atoms with Crippen LogP contribution < -0.4 is 0 Å². The largest absolute Gasteiger partial charge is 0.465 e. The summed E-state index contributed by atoms with van der Waals surface area (Å²) in [6, 6.07) is 0. The Balaban J connectivity index is 3.61. The van der Waals surface area contributed by atoms with Gasteiger partial charge >= 0.3 is 24.1 Å². The third kappa shape index (κ3) is 12.7. The molecule has 0 radical (unpaired) electrons. The van der Waals surface area contributed by atoms with Crippen molar-refractivity contribution in [1.82, 2.24) is 0 Å². The monoisotopic (exact) mass is 312 g/mol. The Hall–Kier alpha value is -2.06. The summed E-state index contributed by atoms with van der Waals surface area (Å²) in [5.41, 5.74) is 0. The Morgan fingerprint density at radius 3 is 1.86 bits per heavy atom. The van der Waals surface area contributed by atoms with Crippen molar-refractivity contribution in [2.75, 3.05) is 19.8 Å². The van der Waals surface area contributed by atoms with Crippen molar-refractivity contribution in [3.8, 4) is 0 Å². The Bertz CT molecular complexity index is 378. The van der Waals surface area contributed by atoms with E-state index in [0.717, 1.165) is 6.08 Å². The first kappa shape index (κ1) is 18.9. The molecule has 0 rings (SSSR count). The summed E-state index contributed by atoms with van der Waals surface area (Å²) in [4.78, 5) is 32.8. The predicted molar refractivity (Wildman–Crippen MR) is 63.0 cm³/mol. The van der Waals surface area contributed by atoms with Gasteiger partial charge in [-0.1, -0.05) is 6.58 Å². The van der Waals surface area contributed by atoms with Crippen molar-refractivity contribution in [3.63, 3.8) is 0 Å². The fourth-order valence-corrected chi connectivity index (χ4v) is 0.986. The summed E-state index contributed by atoms with van der Waals surface area (Å²) in [7, 11) is 0. The van der Waals surface area contributed by atoms with Gasteiger partial charge in [0, 0.05) is 6.08 Å². The maximum atomic E-state index is 11.8. The summed E-state index contributed by atoms with van der Waals surface area (Å²) in [5, 5.41) is 0. The number of hydrogen-bond acceptors (Lipinski definition) is 6. The molecular formula is C12H15F3O6. The van der Waals surface area contributed by atoms with Gasteiger partial charge in [-0.05, 0) is 0 Å². The molecule has 6 nitrogen and oxygen atoms in total. The molecule has 0 bridgehead atoms. The van der Waals surface area contributed by atoms with E-state index >= 15 is 0 Å². The van der Waals surface area contributed by atoms with E-state index in [4.69, 9.17) is 0 Å². The SMILES string of the molecule is C=CC(=O)OCCOC(=O)CCC(=O)OCCC(F)(F)F. The molecule has 9 heteroatoms. The number of esters is 3. The molecule has 0 atom stereocenters. The normalized spacial score (nSPS) is 10.6. The zero-order chi connectivity index (χ0) is 16.3. The van der Waals surface area contributed by atoms with Crippen LogP contribution in [0.25, 0.3) is 0 Å². The van der Waals surface area contributed by atoms with Gasteiger partial charge < -0.3 is 14.2 Å².